The van der Waals surface area contributed by atoms with Gasteiger partial charge < -0.3 is 5.32 Å². The van der Waals surface area contributed by atoms with Crippen LogP contribution >= 0.6 is 11.6 Å². The van der Waals surface area contributed by atoms with Gasteiger partial charge in [0, 0.05) is 16.5 Å². The van der Waals surface area contributed by atoms with Crippen molar-refractivity contribution in [3.05, 3.63) is 34.9 Å². The molecule has 3 N–H and O–H groups in total. The molecule has 1 aromatic rings. The Kier molecular flexibility index (Phi) is 4.57. The lowest BCUT2D eigenvalue weighted by Gasteiger charge is -2.08. The highest BCUT2D eigenvalue weighted by molar-refractivity contribution is 6.30. The van der Waals surface area contributed by atoms with Crippen LogP contribution in [0.5, 0.6) is 0 Å². The minimum absolute atomic E-state index is 0.0105. The van der Waals surface area contributed by atoms with Crippen molar-refractivity contribution in [3.8, 4) is 0 Å². The van der Waals surface area contributed by atoms with E-state index in [1.54, 1.807) is 18.2 Å². The number of benzene rings is 1. The summed E-state index contributed by atoms with van der Waals surface area (Å²) in [7, 11) is 0. The van der Waals surface area contributed by atoms with Gasteiger partial charge in [-0.1, -0.05) is 17.7 Å². The minimum atomic E-state index is -0.491. The van der Waals surface area contributed by atoms with Crippen molar-refractivity contribution < 1.29 is 14.4 Å². The van der Waals surface area contributed by atoms with Crippen molar-refractivity contribution in [3.63, 3.8) is 0 Å². The van der Waals surface area contributed by atoms with Gasteiger partial charge >= 0.3 is 0 Å². The fourth-order valence-corrected chi connectivity index (χ4v) is 1.71. The van der Waals surface area contributed by atoms with Crippen molar-refractivity contribution in [1.82, 2.24) is 16.2 Å². The van der Waals surface area contributed by atoms with Gasteiger partial charge in [-0.3, -0.25) is 25.2 Å². The lowest BCUT2D eigenvalue weighted by atomic mass is 10.2. The predicted molar refractivity (Wildman–Crippen MR) is 72.8 cm³/mol. The van der Waals surface area contributed by atoms with Crippen molar-refractivity contribution >= 4 is 29.3 Å². The molecule has 1 aliphatic rings. The third kappa shape index (κ3) is 4.24. The number of amides is 3. The summed E-state index contributed by atoms with van der Waals surface area (Å²) in [6, 6.07) is 6.39. The second-order valence-electron chi connectivity index (χ2n) is 4.50. The Morgan fingerprint density at radius 1 is 1.20 bits per heavy atom. The van der Waals surface area contributed by atoms with Crippen LogP contribution in [-0.2, 0) is 9.59 Å². The van der Waals surface area contributed by atoms with Gasteiger partial charge in [0.2, 0.25) is 5.91 Å². The van der Waals surface area contributed by atoms with E-state index < -0.39 is 11.8 Å². The number of rotatable bonds is 4. The van der Waals surface area contributed by atoms with E-state index >= 15 is 0 Å². The third-order valence-corrected chi connectivity index (χ3v) is 3.00. The molecule has 0 bridgehead atoms. The summed E-state index contributed by atoms with van der Waals surface area (Å²) in [6.07, 6.45) is 1.71. The maximum atomic E-state index is 11.7. The highest BCUT2D eigenvalue weighted by Crippen LogP contribution is 2.28. The molecule has 7 heteroatoms. The van der Waals surface area contributed by atoms with E-state index in [4.69, 9.17) is 11.6 Å². The van der Waals surface area contributed by atoms with E-state index in [2.05, 4.69) is 16.2 Å². The van der Waals surface area contributed by atoms with Crippen molar-refractivity contribution in [2.75, 3.05) is 6.54 Å². The number of carbonyl (C=O) groups is 3. The highest BCUT2D eigenvalue weighted by Gasteiger charge is 2.29. The summed E-state index contributed by atoms with van der Waals surface area (Å²) in [5, 5.41) is 2.88. The van der Waals surface area contributed by atoms with Gasteiger partial charge in [-0.2, -0.15) is 0 Å². The Morgan fingerprint density at radius 2 is 1.95 bits per heavy atom. The molecule has 0 aromatic heterocycles. The van der Waals surface area contributed by atoms with E-state index in [1.807, 2.05) is 0 Å². The van der Waals surface area contributed by atoms with Gasteiger partial charge in [-0.15, -0.1) is 0 Å². The van der Waals surface area contributed by atoms with Crippen LogP contribution in [0, 0.1) is 5.92 Å². The quantitative estimate of drug-likeness (QED) is 0.712. The monoisotopic (exact) mass is 295 g/mol. The minimum Gasteiger partial charge on any atom is -0.343 e. The third-order valence-electron chi connectivity index (χ3n) is 2.77. The van der Waals surface area contributed by atoms with Gasteiger partial charge in [0.25, 0.3) is 11.8 Å². The molecule has 20 heavy (non-hydrogen) atoms. The Morgan fingerprint density at radius 3 is 2.60 bits per heavy atom. The first-order chi connectivity index (χ1) is 9.56. The molecule has 0 saturated heterocycles. The predicted octanol–water partition coefficient (Wildman–Crippen LogP) is 0.627. The maximum absolute atomic E-state index is 11.7. The summed E-state index contributed by atoms with van der Waals surface area (Å²) in [5.41, 5.74) is 4.92. The zero-order valence-electron chi connectivity index (χ0n) is 10.6. The fraction of sp³-hybridized carbons (Fsp3) is 0.308. The lowest BCUT2D eigenvalue weighted by Crippen LogP contribution is -2.46. The van der Waals surface area contributed by atoms with E-state index in [1.165, 1.54) is 6.07 Å². The number of carbonyl (C=O) groups excluding carboxylic acids is 3. The van der Waals surface area contributed by atoms with Gasteiger partial charge in [0.05, 0.1) is 6.54 Å². The van der Waals surface area contributed by atoms with Crippen LogP contribution in [0.15, 0.2) is 24.3 Å². The van der Waals surface area contributed by atoms with E-state index in [-0.39, 0.29) is 18.4 Å². The van der Waals surface area contributed by atoms with E-state index in [9.17, 15) is 14.4 Å². The first-order valence-corrected chi connectivity index (χ1v) is 6.56. The van der Waals surface area contributed by atoms with Gasteiger partial charge in [-0.05, 0) is 31.0 Å². The first kappa shape index (κ1) is 14.3. The smallest absolute Gasteiger partial charge is 0.257 e. The van der Waals surface area contributed by atoms with Crippen LogP contribution in [0.1, 0.15) is 23.2 Å². The second kappa shape index (κ2) is 6.38. The Balaban J connectivity index is 1.72. The van der Waals surface area contributed by atoms with Crippen LogP contribution in [0.2, 0.25) is 5.02 Å². The first-order valence-electron chi connectivity index (χ1n) is 6.19. The summed E-state index contributed by atoms with van der Waals surface area (Å²) in [4.78, 5) is 34.4. The van der Waals surface area contributed by atoms with Crippen molar-refractivity contribution in [1.29, 1.82) is 0 Å². The molecular formula is C13H14ClN3O3. The number of hydrogen-bond donors (Lipinski definition) is 3. The number of halogens is 1. The molecule has 0 aliphatic heterocycles. The molecule has 0 spiro atoms. The molecular weight excluding hydrogens is 282 g/mol. The topological polar surface area (TPSA) is 87.3 Å². The molecule has 106 valence electrons. The number of hydrazine groups is 1. The summed E-state index contributed by atoms with van der Waals surface area (Å²) < 4.78 is 0. The molecule has 1 saturated carbocycles. The van der Waals surface area contributed by atoms with Crippen LogP contribution in [-0.4, -0.2) is 24.3 Å². The molecule has 0 unspecified atom stereocenters. The van der Waals surface area contributed by atoms with Gasteiger partial charge in [0.1, 0.15) is 0 Å². The molecule has 1 aromatic carbocycles. The van der Waals surface area contributed by atoms with Crippen LogP contribution < -0.4 is 16.2 Å². The summed E-state index contributed by atoms with van der Waals surface area (Å²) in [6.45, 7) is -0.226. The average molecular weight is 296 g/mol. The molecule has 0 atom stereocenters. The SMILES string of the molecule is O=C(CNC(=O)c1cccc(Cl)c1)NNC(=O)C1CC1. The van der Waals surface area contributed by atoms with E-state index in [0.717, 1.165) is 12.8 Å². The van der Waals surface area contributed by atoms with Gasteiger partial charge in [-0.25, -0.2) is 0 Å². The molecule has 0 radical (unpaired) electrons. The van der Waals surface area contributed by atoms with Crippen molar-refractivity contribution in [2.24, 2.45) is 5.92 Å². The van der Waals surface area contributed by atoms with Crippen LogP contribution in [0.3, 0.4) is 0 Å². The largest absolute Gasteiger partial charge is 0.343 e. The Labute approximate surface area is 120 Å². The molecule has 6 nitrogen and oxygen atoms in total. The van der Waals surface area contributed by atoms with Gasteiger partial charge in [0.15, 0.2) is 0 Å². The standard InChI is InChI=1S/C13H14ClN3O3/c14-10-3-1-2-9(6-10)12(19)15-7-11(18)16-17-13(20)8-4-5-8/h1-3,6,8H,4-5,7H2,(H,15,19)(H,16,18)(H,17,20). The number of hydrogen-bond acceptors (Lipinski definition) is 3. The average Bonchev–Trinajstić information content (AvgIpc) is 3.26. The maximum Gasteiger partial charge on any atom is 0.257 e. The van der Waals surface area contributed by atoms with Crippen LogP contribution in [0.25, 0.3) is 0 Å². The van der Waals surface area contributed by atoms with Crippen LogP contribution in [0.4, 0.5) is 0 Å². The van der Waals surface area contributed by atoms with Crippen molar-refractivity contribution in [2.45, 2.75) is 12.8 Å². The summed E-state index contributed by atoms with van der Waals surface area (Å²) >= 11 is 5.76. The molecule has 0 heterocycles. The highest BCUT2D eigenvalue weighted by atomic mass is 35.5. The Hall–Kier alpha value is -2.08. The zero-order chi connectivity index (χ0) is 14.5. The Bertz CT molecular complexity index is 543. The normalized spacial score (nSPS) is 13.4. The zero-order valence-corrected chi connectivity index (χ0v) is 11.4. The molecule has 1 fully saturated rings. The van der Waals surface area contributed by atoms with E-state index in [0.29, 0.717) is 10.6 Å². The lowest BCUT2D eigenvalue weighted by molar-refractivity contribution is -0.129. The number of nitrogens with one attached hydrogen (secondary N) is 3. The molecule has 3 amide bonds. The second-order valence-corrected chi connectivity index (χ2v) is 4.94. The molecule has 1 aliphatic carbocycles. The molecule has 2 rings (SSSR count). The fourth-order valence-electron chi connectivity index (χ4n) is 1.52. The summed E-state index contributed by atoms with van der Waals surface area (Å²) in [5.74, 6) is -1.08.